The lowest BCUT2D eigenvalue weighted by Crippen LogP contribution is -2.42. The molecule has 3 rings (SSSR count). The number of carbonyl (C=O) groups is 2. The molecule has 160 valence electrons. The third kappa shape index (κ3) is 4.57. The number of hydrogen-bond acceptors (Lipinski definition) is 6. The fraction of sp³-hybridized carbons (Fsp3) is 0.333. The first kappa shape index (κ1) is 22.4. The number of hydrogen-bond donors (Lipinski definition) is 1. The van der Waals surface area contributed by atoms with Crippen molar-refractivity contribution in [1.29, 1.82) is 0 Å². The summed E-state index contributed by atoms with van der Waals surface area (Å²) in [5.74, 6) is -1.39. The van der Waals surface area contributed by atoms with Gasteiger partial charge in [-0.05, 0) is 49.2 Å². The van der Waals surface area contributed by atoms with Gasteiger partial charge < -0.3 is 9.84 Å². The van der Waals surface area contributed by atoms with Crippen molar-refractivity contribution in [2.75, 3.05) is 13.2 Å². The zero-order chi connectivity index (χ0) is 22.1. The zero-order valence-corrected chi connectivity index (χ0v) is 18.1. The number of esters is 1. The van der Waals surface area contributed by atoms with Gasteiger partial charge in [0.05, 0.1) is 16.0 Å². The largest absolute Gasteiger partial charge is 0.456 e. The van der Waals surface area contributed by atoms with Crippen LogP contribution in [0.4, 0.5) is 0 Å². The minimum Gasteiger partial charge on any atom is -0.456 e. The van der Waals surface area contributed by atoms with E-state index in [0.717, 1.165) is 15.4 Å². The molecular formula is C21H22ClNO6S. The quantitative estimate of drug-likeness (QED) is 0.535. The highest BCUT2D eigenvalue weighted by molar-refractivity contribution is 7.89. The number of Topliss-reactive ketones (excluding diaryl/α,β-unsaturated/α-hetero) is 1. The summed E-state index contributed by atoms with van der Waals surface area (Å²) in [5.41, 5.74) is 1.93. The van der Waals surface area contributed by atoms with Gasteiger partial charge in [0.25, 0.3) is 0 Å². The minimum atomic E-state index is -4.04. The number of sulfonamides is 1. The second-order valence-corrected chi connectivity index (χ2v) is 9.53. The van der Waals surface area contributed by atoms with Gasteiger partial charge in [-0.25, -0.2) is 8.42 Å². The van der Waals surface area contributed by atoms with E-state index >= 15 is 0 Å². The van der Waals surface area contributed by atoms with Crippen molar-refractivity contribution in [2.45, 2.75) is 37.3 Å². The SMILES string of the molecule is Cc1ccc(S(=O)(=O)N2C[C@@H](O)C[C@H]2C(=O)OCC(=O)c2ccccc2Cl)cc1C. The van der Waals surface area contributed by atoms with Gasteiger partial charge in [-0.2, -0.15) is 4.31 Å². The molecule has 9 heteroatoms. The third-order valence-electron chi connectivity index (χ3n) is 5.11. The van der Waals surface area contributed by atoms with Gasteiger partial charge in [0.15, 0.2) is 6.61 Å². The Morgan fingerprint density at radius 3 is 2.53 bits per heavy atom. The van der Waals surface area contributed by atoms with E-state index in [-0.39, 0.29) is 28.4 Å². The zero-order valence-electron chi connectivity index (χ0n) is 16.5. The molecule has 0 radical (unpaired) electrons. The minimum absolute atomic E-state index is 0.0321. The molecule has 0 spiro atoms. The number of ketones is 1. The molecule has 1 saturated heterocycles. The molecule has 2 aromatic carbocycles. The maximum absolute atomic E-state index is 13.1. The predicted octanol–water partition coefficient (Wildman–Crippen LogP) is 2.51. The van der Waals surface area contributed by atoms with Crippen LogP contribution in [-0.4, -0.2) is 54.9 Å². The summed E-state index contributed by atoms with van der Waals surface area (Å²) in [6.07, 6.45) is -1.12. The molecule has 1 aliphatic heterocycles. The van der Waals surface area contributed by atoms with Gasteiger partial charge in [-0.1, -0.05) is 29.8 Å². The second kappa shape index (κ2) is 8.85. The predicted molar refractivity (Wildman–Crippen MR) is 111 cm³/mol. The number of aliphatic hydroxyl groups is 1. The Hall–Kier alpha value is -2.26. The smallest absolute Gasteiger partial charge is 0.325 e. The summed E-state index contributed by atoms with van der Waals surface area (Å²) >= 11 is 5.97. The third-order valence-corrected chi connectivity index (χ3v) is 7.31. The average molecular weight is 452 g/mol. The van der Waals surface area contributed by atoms with Crippen molar-refractivity contribution in [3.05, 3.63) is 64.2 Å². The van der Waals surface area contributed by atoms with E-state index in [1.54, 1.807) is 31.2 Å². The Balaban J connectivity index is 1.77. The number of carbonyl (C=O) groups excluding carboxylic acids is 2. The van der Waals surface area contributed by atoms with Crippen LogP contribution in [0.2, 0.25) is 5.02 Å². The topological polar surface area (TPSA) is 101 Å². The fourth-order valence-corrected chi connectivity index (χ4v) is 5.23. The molecule has 1 heterocycles. The van der Waals surface area contributed by atoms with Gasteiger partial charge >= 0.3 is 5.97 Å². The van der Waals surface area contributed by atoms with Crippen LogP contribution in [-0.2, 0) is 19.6 Å². The number of nitrogens with zero attached hydrogens (tertiary/aromatic N) is 1. The maximum atomic E-state index is 13.1. The highest BCUT2D eigenvalue weighted by Crippen LogP contribution is 2.28. The van der Waals surface area contributed by atoms with Crippen molar-refractivity contribution in [2.24, 2.45) is 0 Å². The van der Waals surface area contributed by atoms with Gasteiger partial charge in [-0.3, -0.25) is 9.59 Å². The normalized spacial score (nSPS) is 19.6. The van der Waals surface area contributed by atoms with Gasteiger partial charge in [0.1, 0.15) is 6.04 Å². The monoisotopic (exact) mass is 451 g/mol. The number of rotatable bonds is 6. The lowest BCUT2D eigenvalue weighted by atomic mass is 10.1. The second-order valence-electron chi connectivity index (χ2n) is 7.24. The summed E-state index contributed by atoms with van der Waals surface area (Å²) in [6, 6.07) is 9.81. The molecule has 30 heavy (non-hydrogen) atoms. The summed E-state index contributed by atoms with van der Waals surface area (Å²) in [6.45, 7) is 2.85. The van der Waals surface area contributed by atoms with Crippen LogP contribution in [0.1, 0.15) is 27.9 Å². The molecule has 1 fully saturated rings. The molecule has 1 aliphatic rings. The van der Waals surface area contributed by atoms with Crippen LogP contribution in [0.3, 0.4) is 0 Å². The average Bonchev–Trinajstić information content (AvgIpc) is 3.11. The van der Waals surface area contributed by atoms with E-state index in [1.165, 1.54) is 18.2 Å². The van der Waals surface area contributed by atoms with Crippen LogP contribution in [0.15, 0.2) is 47.4 Å². The van der Waals surface area contributed by atoms with Gasteiger partial charge in [-0.15, -0.1) is 0 Å². The molecule has 0 amide bonds. The van der Waals surface area contributed by atoms with Crippen LogP contribution in [0.5, 0.6) is 0 Å². The molecule has 0 aromatic heterocycles. The van der Waals surface area contributed by atoms with Crippen molar-refractivity contribution < 1.29 is 27.9 Å². The molecular weight excluding hydrogens is 430 g/mol. The number of aryl methyl sites for hydroxylation is 2. The maximum Gasteiger partial charge on any atom is 0.325 e. The molecule has 2 aromatic rings. The van der Waals surface area contributed by atoms with Crippen molar-refractivity contribution in [1.82, 2.24) is 4.31 Å². The molecule has 0 saturated carbocycles. The summed E-state index contributed by atoms with van der Waals surface area (Å²) < 4.78 is 32.2. The van der Waals surface area contributed by atoms with Crippen molar-refractivity contribution in [3.63, 3.8) is 0 Å². The van der Waals surface area contributed by atoms with Crippen LogP contribution in [0, 0.1) is 13.8 Å². The van der Waals surface area contributed by atoms with Gasteiger partial charge in [0, 0.05) is 18.5 Å². The lowest BCUT2D eigenvalue weighted by molar-refractivity contribution is -0.146. The molecule has 7 nitrogen and oxygen atoms in total. The Labute approximate surface area is 180 Å². The first-order chi connectivity index (χ1) is 14.1. The van der Waals surface area contributed by atoms with Crippen LogP contribution in [0.25, 0.3) is 0 Å². The number of ether oxygens (including phenoxy) is 1. The molecule has 0 bridgehead atoms. The Kier molecular flexibility index (Phi) is 6.62. The van der Waals surface area contributed by atoms with Gasteiger partial charge in [0.2, 0.25) is 15.8 Å². The number of halogens is 1. The molecule has 0 unspecified atom stereocenters. The first-order valence-electron chi connectivity index (χ1n) is 9.33. The first-order valence-corrected chi connectivity index (χ1v) is 11.1. The van der Waals surface area contributed by atoms with E-state index in [9.17, 15) is 23.1 Å². The highest BCUT2D eigenvalue weighted by atomic mass is 35.5. The Morgan fingerprint density at radius 2 is 1.87 bits per heavy atom. The Morgan fingerprint density at radius 1 is 1.17 bits per heavy atom. The Bertz CT molecular complexity index is 1080. The summed E-state index contributed by atoms with van der Waals surface area (Å²) in [7, 11) is -4.04. The number of benzene rings is 2. The fourth-order valence-electron chi connectivity index (χ4n) is 3.27. The summed E-state index contributed by atoms with van der Waals surface area (Å²) in [4.78, 5) is 24.9. The highest BCUT2D eigenvalue weighted by Gasteiger charge is 2.44. The van der Waals surface area contributed by atoms with Crippen LogP contribution >= 0.6 is 11.6 Å². The van der Waals surface area contributed by atoms with E-state index in [0.29, 0.717) is 0 Å². The van der Waals surface area contributed by atoms with Crippen LogP contribution < -0.4 is 0 Å². The van der Waals surface area contributed by atoms with E-state index < -0.39 is 40.5 Å². The standard InChI is InChI=1S/C21H22ClNO6S/c1-13-7-8-16(9-14(13)2)30(27,28)23-11-15(24)10-19(23)21(26)29-12-20(25)17-5-3-4-6-18(17)22/h3-9,15,19,24H,10-12H2,1-2H3/t15-,19-/m0/s1. The van der Waals surface area contributed by atoms with Crippen molar-refractivity contribution in [3.8, 4) is 0 Å². The van der Waals surface area contributed by atoms with Crippen molar-refractivity contribution >= 4 is 33.4 Å². The van der Waals surface area contributed by atoms with E-state index in [1.807, 2.05) is 6.92 Å². The summed E-state index contributed by atoms with van der Waals surface area (Å²) in [5, 5.41) is 10.3. The molecule has 0 aliphatic carbocycles. The lowest BCUT2D eigenvalue weighted by Gasteiger charge is -2.22. The van der Waals surface area contributed by atoms with E-state index in [4.69, 9.17) is 16.3 Å². The van der Waals surface area contributed by atoms with E-state index in [2.05, 4.69) is 0 Å². The molecule has 2 atom stereocenters. The number of β-amino-alcohol motifs (C(OH)–C–C–N with tert-alkyl or cyclic N) is 1. The number of aliphatic hydroxyl groups excluding tert-OH is 1. The molecule has 1 N–H and O–H groups in total.